The first-order valence-corrected chi connectivity index (χ1v) is 10.2. The van der Waals surface area contributed by atoms with E-state index in [1.165, 1.54) is 6.26 Å². The van der Waals surface area contributed by atoms with E-state index in [0.717, 1.165) is 43.1 Å². The Kier molecular flexibility index (Phi) is 4.73. The molecular formula is C17H24N4O2S. The van der Waals surface area contributed by atoms with Gasteiger partial charge in [-0.3, -0.25) is 0 Å². The summed E-state index contributed by atoms with van der Waals surface area (Å²) in [5, 5.41) is 8.13. The minimum atomic E-state index is -3.13. The van der Waals surface area contributed by atoms with Crippen LogP contribution in [0.3, 0.4) is 0 Å². The first-order chi connectivity index (χ1) is 11.3. The fourth-order valence-corrected chi connectivity index (χ4v) is 3.49. The molecule has 1 aromatic heterocycles. The van der Waals surface area contributed by atoms with Gasteiger partial charge in [0.15, 0.2) is 15.7 Å². The Hall–Kier alpha value is -1.73. The van der Waals surface area contributed by atoms with Crippen molar-refractivity contribution in [2.24, 2.45) is 0 Å². The van der Waals surface area contributed by atoms with Gasteiger partial charge < -0.3 is 5.32 Å². The summed E-state index contributed by atoms with van der Waals surface area (Å²) in [4.78, 5) is 4.96. The minimum absolute atomic E-state index is 0.350. The lowest BCUT2D eigenvalue weighted by molar-refractivity contribution is 0.357. The maximum Gasteiger partial charge on any atom is 0.175 e. The van der Waals surface area contributed by atoms with Crippen LogP contribution in [0, 0.1) is 0 Å². The molecule has 0 spiro atoms. The third kappa shape index (κ3) is 3.84. The predicted molar refractivity (Wildman–Crippen MR) is 92.6 cm³/mol. The first-order valence-electron chi connectivity index (χ1n) is 8.29. The van der Waals surface area contributed by atoms with Crippen molar-refractivity contribution in [2.75, 3.05) is 6.26 Å². The average molecular weight is 348 g/mol. The molecule has 0 fully saturated rings. The van der Waals surface area contributed by atoms with Crippen molar-refractivity contribution in [3.63, 3.8) is 0 Å². The molecule has 7 heteroatoms. The zero-order valence-corrected chi connectivity index (χ0v) is 15.2. The van der Waals surface area contributed by atoms with Gasteiger partial charge in [-0.05, 0) is 24.1 Å². The molecule has 1 N–H and O–H groups in total. The highest BCUT2D eigenvalue weighted by molar-refractivity contribution is 7.90. The molecule has 3 rings (SSSR count). The molecule has 0 bridgehead atoms. The molecule has 2 heterocycles. The van der Waals surface area contributed by atoms with Gasteiger partial charge in [0.25, 0.3) is 0 Å². The summed E-state index contributed by atoms with van der Waals surface area (Å²) in [6, 6.07) is 7.41. The smallest absolute Gasteiger partial charge is 0.175 e. The third-order valence-corrected chi connectivity index (χ3v) is 5.47. The first kappa shape index (κ1) is 17.1. The lowest BCUT2D eigenvalue weighted by Crippen LogP contribution is -2.37. The molecular weight excluding hydrogens is 324 g/mol. The summed E-state index contributed by atoms with van der Waals surface area (Å²) >= 11 is 0. The summed E-state index contributed by atoms with van der Waals surface area (Å²) in [7, 11) is -3.13. The van der Waals surface area contributed by atoms with Gasteiger partial charge in [-0.2, -0.15) is 5.10 Å². The third-order valence-electron chi connectivity index (χ3n) is 4.34. The van der Waals surface area contributed by atoms with Gasteiger partial charge in [0.1, 0.15) is 5.82 Å². The van der Waals surface area contributed by atoms with E-state index in [-0.39, 0.29) is 0 Å². The molecule has 6 nitrogen and oxygen atoms in total. The van der Waals surface area contributed by atoms with E-state index < -0.39 is 9.84 Å². The Balaban J connectivity index is 1.59. The molecule has 1 aliphatic heterocycles. The monoisotopic (exact) mass is 348 g/mol. The number of benzene rings is 1. The topological polar surface area (TPSA) is 76.9 Å². The molecule has 0 unspecified atom stereocenters. The summed E-state index contributed by atoms with van der Waals surface area (Å²) in [6.07, 6.45) is 3.20. The summed E-state index contributed by atoms with van der Waals surface area (Å²) < 4.78 is 25.0. The molecule has 0 saturated carbocycles. The number of aromatic nitrogens is 3. The van der Waals surface area contributed by atoms with Crippen LogP contribution in [-0.4, -0.2) is 35.5 Å². The number of hydrogen-bond acceptors (Lipinski definition) is 5. The second-order valence-corrected chi connectivity index (χ2v) is 8.77. The highest BCUT2D eigenvalue weighted by atomic mass is 32.2. The second-order valence-electron chi connectivity index (χ2n) is 6.76. The Labute approximate surface area is 143 Å². The van der Waals surface area contributed by atoms with Gasteiger partial charge in [-0.1, -0.05) is 26.0 Å². The van der Waals surface area contributed by atoms with Crippen LogP contribution < -0.4 is 5.32 Å². The van der Waals surface area contributed by atoms with E-state index in [0.29, 0.717) is 16.9 Å². The Morgan fingerprint density at radius 1 is 1.29 bits per heavy atom. The number of rotatable bonds is 5. The zero-order chi connectivity index (χ0) is 17.3. The standard InChI is InChI=1S/C17H24N4O2S/c1-12(2)17-19-16-9-6-14(11-21(16)20-17)18-10-13-4-7-15(8-5-13)24(3,22)23/h4-5,7-8,12,14,18H,6,9-11H2,1-3H3/t14-/m1/s1. The van der Waals surface area contributed by atoms with Crippen LogP contribution in [0.15, 0.2) is 29.2 Å². The van der Waals surface area contributed by atoms with Gasteiger partial charge in [0, 0.05) is 31.2 Å². The maximum atomic E-state index is 11.5. The van der Waals surface area contributed by atoms with Gasteiger partial charge in [-0.15, -0.1) is 0 Å². The van der Waals surface area contributed by atoms with E-state index in [1.54, 1.807) is 12.1 Å². The average Bonchev–Trinajstić information content (AvgIpc) is 2.96. The quantitative estimate of drug-likeness (QED) is 0.893. The molecule has 0 saturated heterocycles. The molecule has 0 amide bonds. The van der Waals surface area contributed by atoms with Crippen LogP contribution in [0.4, 0.5) is 0 Å². The Morgan fingerprint density at radius 3 is 2.62 bits per heavy atom. The van der Waals surface area contributed by atoms with E-state index in [2.05, 4.69) is 29.2 Å². The highest BCUT2D eigenvalue weighted by Gasteiger charge is 2.22. The Bertz CT molecular complexity index is 810. The fraction of sp³-hybridized carbons (Fsp3) is 0.529. The predicted octanol–water partition coefficient (Wildman–Crippen LogP) is 1.91. The SMILES string of the molecule is CC(C)c1nc2n(n1)C[C@H](NCc1ccc(S(C)(=O)=O)cc1)CC2. The van der Waals surface area contributed by atoms with Crippen molar-refractivity contribution in [3.8, 4) is 0 Å². The van der Waals surface area contributed by atoms with Crippen LogP contribution in [0.2, 0.25) is 0 Å². The van der Waals surface area contributed by atoms with Crippen molar-refractivity contribution in [2.45, 2.75) is 56.6 Å². The van der Waals surface area contributed by atoms with Crippen LogP contribution in [0.25, 0.3) is 0 Å². The lowest BCUT2D eigenvalue weighted by Gasteiger charge is -2.23. The van der Waals surface area contributed by atoms with Crippen LogP contribution in [0.5, 0.6) is 0 Å². The summed E-state index contributed by atoms with van der Waals surface area (Å²) in [5.74, 6) is 2.35. The van der Waals surface area contributed by atoms with Crippen molar-refractivity contribution in [1.29, 1.82) is 0 Å². The maximum absolute atomic E-state index is 11.5. The molecule has 0 radical (unpaired) electrons. The number of nitrogens with one attached hydrogen (secondary N) is 1. The lowest BCUT2D eigenvalue weighted by atomic mass is 10.1. The van der Waals surface area contributed by atoms with E-state index in [1.807, 2.05) is 16.8 Å². The van der Waals surface area contributed by atoms with Gasteiger partial charge in [-0.25, -0.2) is 18.1 Å². The molecule has 1 aliphatic rings. The molecule has 130 valence electrons. The zero-order valence-electron chi connectivity index (χ0n) is 14.4. The molecule has 2 aromatic rings. The normalized spacial score (nSPS) is 17.9. The fourth-order valence-electron chi connectivity index (χ4n) is 2.86. The van der Waals surface area contributed by atoms with Gasteiger partial charge >= 0.3 is 0 Å². The van der Waals surface area contributed by atoms with Crippen LogP contribution in [0.1, 0.15) is 43.4 Å². The van der Waals surface area contributed by atoms with Crippen molar-refractivity contribution >= 4 is 9.84 Å². The van der Waals surface area contributed by atoms with Crippen molar-refractivity contribution in [3.05, 3.63) is 41.5 Å². The van der Waals surface area contributed by atoms with E-state index in [4.69, 9.17) is 0 Å². The number of sulfone groups is 1. The minimum Gasteiger partial charge on any atom is -0.308 e. The Morgan fingerprint density at radius 2 is 2.00 bits per heavy atom. The van der Waals surface area contributed by atoms with Crippen LogP contribution >= 0.6 is 0 Å². The summed E-state index contributed by atoms with van der Waals surface area (Å²) in [6.45, 7) is 5.76. The molecule has 24 heavy (non-hydrogen) atoms. The molecule has 0 aliphatic carbocycles. The molecule has 1 atom stereocenters. The summed E-state index contributed by atoms with van der Waals surface area (Å²) in [5.41, 5.74) is 1.08. The number of hydrogen-bond donors (Lipinski definition) is 1. The van der Waals surface area contributed by atoms with Crippen molar-refractivity contribution in [1.82, 2.24) is 20.1 Å². The second kappa shape index (κ2) is 6.64. The van der Waals surface area contributed by atoms with E-state index in [9.17, 15) is 8.42 Å². The highest BCUT2D eigenvalue weighted by Crippen LogP contribution is 2.17. The van der Waals surface area contributed by atoms with Gasteiger partial charge in [0.2, 0.25) is 0 Å². The largest absolute Gasteiger partial charge is 0.308 e. The van der Waals surface area contributed by atoms with E-state index >= 15 is 0 Å². The number of nitrogens with zero attached hydrogens (tertiary/aromatic N) is 3. The van der Waals surface area contributed by atoms with Crippen LogP contribution in [-0.2, 0) is 29.3 Å². The molecule has 1 aromatic carbocycles. The number of aryl methyl sites for hydroxylation is 1. The van der Waals surface area contributed by atoms with Gasteiger partial charge in [0.05, 0.1) is 11.4 Å². The van der Waals surface area contributed by atoms with Crippen molar-refractivity contribution < 1.29 is 8.42 Å². The number of fused-ring (bicyclic) bond motifs is 1.